The Labute approximate surface area is 110 Å². The number of aliphatic imine (C=N–C) groups is 1. The molecular weight excluding hydrogens is 256 g/mol. The van der Waals surface area contributed by atoms with Crippen LogP contribution in [0.5, 0.6) is 11.5 Å². The van der Waals surface area contributed by atoms with E-state index in [0.29, 0.717) is 17.3 Å². The van der Waals surface area contributed by atoms with Crippen molar-refractivity contribution in [2.75, 3.05) is 21.2 Å². The van der Waals surface area contributed by atoms with E-state index in [4.69, 9.17) is 4.74 Å². The van der Waals surface area contributed by atoms with Crippen molar-refractivity contribution in [1.29, 1.82) is 0 Å². The lowest BCUT2D eigenvalue weighted by Gasteiger charge is -2.14. The minimum Gasteiger partial charge on any atom is -0.497 e. The summed E-state index contributed by atoms with van der Waals surface area (Å²) in [6.07, 6.45) is 0. The lowest BCUT2D eigenvalue weighted by atomic mass is 10.2. The fourth-order valence-corrected chi connectivity index (χ4v) is 1.49. The van der Waals surface area contributed by atoms with Crippen LogP contribution in [0.25, 0.3) is 0 Å². The molecule has 0 unspecified atom stereocenters. The van der Waals surface area contributed by atoms with Crippen LogP contribution in [0.4, 0.5) is 8.78 Å². The number of nitrogens with one attached hydrogen (secondary N) is 2. The van der Waals surface area contributed by atoms with E-state index in [9.17, 15) is 8.78 Å². The van der Waals surface area contributed by atoms with Gasteiger partial charge in [-0.15, -0.1) is 0 Å². The van der Waals surface area contributed by atoms with Gasteiger partial charge in [0.15, 0.2) is 5.96 Å². The summed E-state index contributed by atoms with van der Waals surface area (Å²) in [4.78, 5) is 3.93. The van der Waals surface area contributed by atoms with Gasteiger partial charge in [-0.1, -0.05) is 0 Å². The van der Waals surface area contributed by atoms with Crippen LogP contribution >= 0.6 is 0 Å². The molecule has 106 valence electrons. The van der Waals surface area contributed by atoms with Gasteiger partial charge in [-0.05, 0) is 18.2 Å². The summed E-state index contributed by atoms with van der Waals surface area (Å²) in [5, 5.41) is 5.79. The van der Waals surface area contributed by atoms with Crippen LogP contribution in [0, 0.1) is 0 Å². The SMILES string of the molecule is CN=C(NC)NCc1cc(OC)ccc1OC(F)F. The first-order chi connectivity index (χ1) is 9.10. The van der Waals surface area contributed by atoms with Crippen molar-refractivity contribution in [3.8, 4) is 11.5 Å². The summed E-state index contributed by atoms with van der Waals surface area (Å²) in [5.74, 6) is 1.22. The standard InChI is InChI=1S/C12H17F2N3O2/c1-15-12(16-2)17-7-8-6-9(18-3)4-5-10(8)19-11(13)14/h4-6,11H,7H2,1-3H3,(H2,15,16,17). The lowest BCUT2D eigenvalue weighted by molar-refractivity contribution is -0.0504. The van der Waals surface area contributed by atoms with Crippen molar-refractivity contribution in [3.63, 3.8) is 0 Å². The Morgan fingerprint density at radius 3 is 2.68 bits per heavy atom. The Balaban J connectivity index is 2.87. The number of guanidine groups is 1. The molecule has 0 bridgehead atoms. The molecule has 1 aromatic carbocycles. The van der Waals surface area contributed by atoms with Gasteiger partial charge in [-0.25, -0.2) is 0 Å². The van der Waals surface area contributed by atoms with Crippen molar-refractivity contribution in [2.45, 2.75) is 13.2 Å². The van der Waals surface area contributed by atoms with Gasteiger partial charge >= 0.3 is 6.61 Å². The average Bonchev–Trinajstić information content (AvgIpc) is 2.40. The molecule has 1 rings (SSSR count). The van der Waals surface area contributed by atoms with Crippen LogP contribution in [-0.4, -0.2) is 33.8 Å². The van der Waals surface area contributed by atoms with Crippen LogP contribution in [-0.2, 0) is 6.54 Å². The Bertz CT molecular complexity index is 439. The van der Waals surface area contributed by atoms with Crippen molar-refractivity contribution in [2.24, 2.45) is 4.99 Å². The molecule has 0 amide bonds. The van der Waals surface area contributed by atoms with E-state index in [-0.39, 0.29) is 12.3 Å². The molecule has 0 heterocycles. The number of halogens is 2. The van der Waals surface area contributed by atoms with Crippen molar-refractivity contribution < 1.29 is 18.3 Å². The fourth-order valence-electron chi connectivity index (χ4n) is 1.49. The molecular formula is C12H17F2N3O2. The van der Waals surface area contributed by atoms with Gasteiger partial charge in [0, 0.05) is 26.2 Å². The zero-order chi connectivity index (χ0) is 14.3. The van der Waals surface area contributed by atoms with Gasteiger partial charge in [0.05, 0.1) is 7.11 Å². The molecule has 5 nitrogen and oxygen atoms in total. The summed E-state index contributed by atoms with van der Waals surface area (Å²) in [7, 11) is 4.82. The van der Waals surface area contributed by atoms with Crippen LogP contribution in [0.2, 0.25) is 0 Å². The van der Waals surface area contributed by atoms with Gasteiger partial charge in [0.2, 0.25) is 0 Å². The second-order valence-electron chi connectivity index (χ2n) is 3.53. The van der Waals surface area contributed by atoms with Gasteiger partial charge in [-0.2, -0.15) is 8.78 Å². The number of hydrogen-bond donors (Lipinski definition) is 2. The molecule has 0 atom stereocenters. The minimum absolute atomic E-state index is 0.106. The van der Waals surface area contributed by atoms with Crippen LogP contribution in [0.1, 0.15) is 5.56 Å². The number of methoxy groups -OCH3 is 1. The number of nitrogens with zero attached hydrogens (tertiary/aromatic N) is 1. The van der Waals surface area contributed by atoms with E-state index >= 15 is 0 Å². The molecule has 0 aliphatic carbocycles. The van der Waals surface area contributed by atoms with Gasteiger partial charge in [-0.3, -0.25) is 4.99 Å². The molecule has 7 heteroatoms. The number of alkyl halides is 2. The molecule has 2 N–H and O–H groups in total. The maximum absolute atomic E-state index is 12.3. The Morgan fingerprint density at radius 2 is 2.16 bits per heavy atom. The highest BCUT2D eigenvalue weighted by Crippen LogP contribution is 2.25. The summed E-state index contributed by atoms with van der Waals surface area (Å²) in [6.45, 7) is -2.58. The topological polar surface area (TPSA) is 54.9 Å². The first kappa shape index (κ1) is 15.0. The van der Waals surface area contributed by atoms with E-state index in [1.807, 2.05) is 0 Å². The molecule has 0 saturated carbocycles. The summed E-state index contributed by atoms with van der Waals surface area (Å²) in [6, 6.07) is 4.64. The summed E-state index contributed by atoms with van der Waals surface area (Å²) < 4.78 is 34.1. The van der Waals surface area contributed by atoms with Crippen molar-refractivity contribution in [1.82, 2.24) is 10.6 Å². The largest absolute Gasteiger partial charge is 0.497 e. The van der Waals surface area contributed by atoms with E-state index in [0.717, 1.165) is 0 Å². The highest BCUT2D eigenvalue weighted by molar-refractivity contribution is 5.79. The second-order valence-corrected chi connectivity index (χ2v) is 3.53. The zero-order valence-corrected chi connectivity index (χ0v) is 11.0. The van der Waals surface area contributed by atoms with E-state index in [2.05, 4.69) is 20.4 Å². The number of rotatable bonds is 5. The predicted octanol–water partition coefficient (Wildman–Crippen LogP) is 1.59. The molecule has 0 spiro atoms. The third kappa shape index (κ3) is 4.61. The molecule has 0 radical (unpaired) electrons. The fraction of sp³-hybridized carbons (Fsp3) is 0.417. The van der Waals surface area contributed by atoms with Crippen LogP contribution in [0.15, 0.2) is 23.2 Å². The maximum Gasteiger partial charge on any atom is 0.387 e. The first-order valence-electron chi connectivity index (χ1n) is 5.60. The zero-order valence-electron chi connectivity index (χ0n) is 11.0. The van der Waals surface area contributed by atoms with Crippen LogP contribution < -0.4 is 20.1 Å². The Morgan fingerprint density at radius 1 is 1.42 bits per heavy atom. The van der Waals surface area contributed by atoms with Gasteiger partial charge in [0.25, 0.3) is 0 Å². The summed E-state index contributed by atoms with van der Waals surface area (Å²) >= 11 is 0. The second kappa shape index (κ2) is 7.40. The van der Waals surface area contributed by atoms with Gasteiger partial charge < -0.3 is 20.1 Å². The highest BCUT2D eigenvalue weighted by Gasteiger charge is 2.11. The molecule has 0 aliphatic heterocycles. The van der Waals surface area contributed by atoms with Crippen molar-refractivity contribution >= 4 is 5.96 Å². The number of hydrogen-bond acceptors (Lipinski definition) is 3. The monoisotopic (exact) mass is 273 g/mol. The van der Waals surface area contributed by atoms with E-state index in [1.165, 1.54) is 13.2 Å². The normalized spacial score (nSPS) is 11.4. The smallest absolute Gasteiger partial charge is 0.387 e. The third-order valence-electron chi connectivity index (χ3n) is 2.39. The average molecular weight is 273 g/mol. The molecule has 0 aliphatic rings. The van der Waals surface area contributed by atoms with Crippen molar-refractivity contribution in [3.05, 3.63) is 23.8 Å². The minimum atomic E-state index is -2.87. The predicted molar refractivity (Wildman–Crippen MR) is 68.9 cm³/mol. The van der Waals surface area contributed by atoms with E-state index < -0.39 is 6.61 Å². The third-order valence-corrected chi connectivity index (χ3v) is 2.39. The maximum atomic E-state index is 12.3. The molecule has 1 aromatic rings. The number of benzene rings is 1. The highest BCUT2D eigenvalue weighted by atomic mass is 19.3. The first-order valence-corrected chi connectivity index (χ1v) is 5.60. The molecule has 0 aromatic heterocycles. The Kier molecular flexibility index (Phi) is 5.84. The molecule has 19 heavy (non-hydrogen) atoms. The molecule has 0 fully saturated rings. The van der Waals surface area contributed by atoms with Crippen LogP contribution in [0.3, 0.4) is 0 Å². The Hall–Kier alpha value is -2.05. The lowest BCUT2D eigenvalue weighted by Crippen LogP contribution is -2.34. The van der Waals surface area contributed by atoms with Gasteiger partial charge in [0.1, 0.15) is 11.5 Å². The molecule has 0 saturated heterocycles. The number of ether oxygens (including phenoxy) is 2. The summed E-state index contributed by atoms with van der Waals surface area (Å²) in [5.41, 5.74) is 0.552. The van der Waals surface area contributed by atoms with E-state index in [1.54, 1.807) is 26.2 Å². The quantitative estimate of drug-likeness (QED) is 0.632.